The average molecular weight is 378 g/mol. The van der Waals surface area contributed by atoms with Gasteiger partial charge in [0.15, 0.2) is 5.16 Å². The van der Waals surface area contributed by atoms with E-state index in [-0.39, 0.29) is 17.2 Å². The van der Waals surface area contributed by atoms with E-state index in [2.05, 4.69) is 13.5 Å². The Labute approximate surface area is 155 Å². The molecule has 0 spiro atoms. The monoisotopic (exact) mass is 377 g/mol. The highest BCUT2D eigenvalue weighted by Crippen LogP contribution is 2.36. The number of thioether (sulfide) groups is 1. The molecule has 0 fully saturated rings. The molecule has 0 bridgehead atoms. The van der Waals surface area contributed by atoms with Crippen LogP contribution in [0.15, 0.2) is 22.6 Å². The van der Waals surface area contributed by atoms with Crippen LogP contribution < -0.4 is 5.56 Å². The van der Waals surface area contributed by atoms with Gasteiger partial charge in [0.05, 0.1) is 11.1 Å². The molecule has 3 rings (SSSR count). The molecule has 1 aliphatic rings. The van der Waals surface area contributed by atoms with Gasteiger partial charge in [-0.05, 0) is 30.7 Å². The van der Waals surface area contributed by atoms with Crippen molar-refractivity contribution < 1.29 is 4.79 Å². The summed E-state index contributed by atoms with van der Waals surface area (Å²) in [4.78, 5) is 33.4. The SMILES string of the molecule is C=CCn1c(SCC(=O)N(C)C)nc2sc3c(c2c1=O)CC[C@@H](C)C3. The zero-order chi connectivity index (χ0) is 18.1. The number of carbonyl (C=O) groups is 1. The van der Waals surface area contributed by atoms with Gasteiger partial charge in [0.2, 0.25) is 5.91 Å². The van der Waals surface area contributed by atoms with Crippen LogP contribution in [-0.4, -0.2) is 40.2 Å². The Morgan fingerprint density at radius 1 is 1.52 bits per heavy atom. The van der Waals surface area contributed by atoms with Crippen molar-refractivity contribution in [3.8, 4) is 0 Å². The highest BCUT2D eigenvalue weighted by atomic mass is 32.2. The van der Waals surface area contributed by atoms with Crippen LogP contribution in [0.1, 0.15) is 23.8 Å². The Kier molecular flexibility index (Phi) is 5.34. The number of nitrogens with zero attached hydrogens (tertiary/aromatic N) is 3. The summed E-state index contributed by atoms with van der Waals surface area (Å²) in [6.45, 7) is 6.42. The van der Waals surface area contributed by atoms with E-state index in [9.17, 15) is 9.59 Å². The van der Waals surface area contributed by atoms with Crippen molar-refractivity contribution in [2.45, 2.75) is 37.9 Å². The molecule has 0 N–H and O–H groups in total. The number of rotatable bonds is 5. The summed E-state index contributed by atoms with van der Waals surface area (Å²) in [6, 6.07) is 0. The number of aryl methyl sites for hydroxylation is 1. The van der Waals surface area contributed by atoms with E-state index in [4.69, 9.17) is 4.98 Å². The van der Waals surface area contributed by atoms with Crippen LogP contribution in [0.4, 0.5) is 0 Å². The first kappa shape index (κ1) is 18.2. The minimum Gasteiger partial charge on any atom is -0.348 e. The fourth-order valence-corrected chi connectivity index (χ4v) is 5.47. The van der Waals surface area contributed by atoms with Gasteiger partial charge in [-0.3, -0.25) is 14.2 Å². The molecule has 1 amide bonds. The number of aromatic nitrogens is 2. The average Bonchev–Trinajstić information content (AvgIpc) is 2.92. The summed E-state index contributed by atoms with van der Waals surface area (Å²) in [5, 5.41) is 1.37. The third-order valence-corrected chi connectivity index (χ3v) is 6.62. The minimum absolute atomic E-state index is 0.00300. The summed E-state index contributed by atoms with van der Waals surface area (Å²) >= 11 is 2.96. The number of allylic oxidation sites excluding steroid dienone is 1. The molecule has 0 aliphatic heterocycles. The van der Waals surface area contributed by atoms with Crippen LogP contribution in [0, 0.1) is 5.92 Å². The lowest BCUT2D eigenvalue weighted by atomic mass is 9.89. The Morgan fingerprint density at radius 2 is 2.28 bits per heavy atom. The molecule has 2 heterocycles. The molecular formula is C18H23N3O2S2. The van der Waals surface area contributed by atoms with Gasteiger partial charge in [-0.15, -0.1) is 17.9 Å². The largest absolute Gasteiger partial charge is 0.348 e. The standard InChI is InChI=1S/C18H23N3O2S2/c1-5-8-21-17(23)15-12-7-6-11(2)9-13(12)25-16(15)19-18(21)24-10-14(22)20(3)4/h5,11H,1,6-10H2,2-4H3/t11-/m1/s1. The second kappa shape index (κ2) is 7.33. The highest BCUT2D eigenvalue weighted by Gasteiger charge is 2.24. The van der Waals surface area contributed by atoms with Crippen LogP contribution >= 0.6 is 23.1 Å². The van der Waals surface area contributed by atoms with E-state index in [1.807, 2.05) is 0 Å². The molecule has 2 aromatic heterocycles. The fourth-order valence-electron chi connectivity index (χ4n) is 3.06. The molecule has 25 heavy (non-hydrogen) atoms. The number of amides is 1. The first-order valence-electron chi connectivity index (χ1n) is 8.41. The Morgan fingerprint density at radius 3 is 2.96 bits per heavy atom. The molecule has 7 heteroatoms. The van der Waals surface area contributed by atoms with Gasteiger partial charge >= 0.3 is 0 Å². The van der Waals surface area contributed by atoms with E-state index in [1.165, 1.54) is 22.2 Å². The van der Waals surface area contributed by atoms with E-state index in [1.54, 1.807) is 41.0 Å². The van der Waals surface area contributed by atoms with E-state index in [0.717, 1.165) is 29.5 Å². The van der Waals surface area contributed by atoms with Crippen molar-refractivity contribution >= 4 is 39.2 Å². The van der Waals surface area contributed by atoms with Gasteiger partial charge in [-0.1, -0.05) is 24.8 Å². The maximum atomic E-state index is 13.1. The molecule has 1 aliphatic carbocycles. The Bertz CT molecular complexity index is 883. The van der Waals surface area contributed by atoms with Crippen LogP contribution in [-0.2, 0) is 24.2 Å². The van der Waals surface area contributed by atoms with E-state index < -0.39 is 0 Å². The Hall–Kier alpha value is -1.60. The molecule has 1 atom stereocenters. The van der Waals surface area contributed by atoms with Crippen molar-refractivity contribution in [2.24, 2.45) is 5.92 Å². The van der Waals surface area contributed by atoms with Gasteiger partial charge in [-0.25, -0.2) is 4.98 Å². The molecule has 134 valence electrons. The lowest BCUT2D eigenvalue weighted by molar-refractivity contribution is -0.125. The van der Waals surface area contributed by atoms with Crippen molar-refractivity contribution in [1.29, 1.82) is 0 Å². The quantitative estimate of drug-likeness (QED) is 0.457. The van der Waals surface area contributed by atoms with Crippen molar-refractivity contribution in [3.05, 3.63) is 33.4 Å². The van der Waals surface area contributed by atoms with E-state index >= 15 is 0 Å². The topological polar surface area (TPSA) is 55.2 Å². The summed E-state index contributed by atoms with van der Waals surface area (Å²) in [5.74, 6) is 0.927. The summed E-state index contributed by atoms with van der Waals surface area (Å²) in [6.07, 6.45) is 4.80. The van der Waals surface area contributed by atoms with E-state index in [0.29, 0.717) is 17.6 Å². The number of thiophene rings is 1. The molecule has 0 unspecified atom stereocenters. The van der Waals surface area contributed by atoms with Gasteiger partial charge in [0.1, 0.15) is 4.83 Å². The molecule has 2 aromatic rings. The first-order valence-corrected chi connectivity index (χ1v) is 10.2. The number of fused-ring (bicyclic) bond motifs is 3. The molecule has 0 aromatic carbocycles. The molecule has 0 saturated heterocycles. The number of carbonyl (C=O) groups excluding carboxylic acids is 1. The van der Waals surface area contributed by atoms with Crippen LogP contribution in [0.2, 0.25) is 0 Å². The summed E-state index contributed by atoms with van der Waals surface area (Å²) < 4.78 is 1.65. The van der Waals surface area contributed by atoms with Crippen molar-refractivity contribution in [2.75, 3.05) is 19.8 Å². The van der Waals surface area contributed by atoms with Crippen LogP contribution in [0.25, 0.3) is 10.2 Å². The van der Waals surface area contributed by atoms with Crippen LogP contribution in [0.5, 0.6) is 0 Å². The minimum atomic E-state index is -0.00300. The third kappa shape index (κ3) is 3.53. The second-order valence-electron chi connectivity index (χ2n) is 6.71. The smallest absolute Gasteiger partial charge is 0.263 e. The molecule has 0 radical (unpaired) electrons. The first-order chi connectivity index (χ1) is 11.9. The predicted molar refractivity (Wildman–Crippen MR) is 105 cm³/mol. The Balaban J connectivity index is 2.07. The lowest BCUT2D eigenvalue weighted by Crippen LogP contribution is -2.26. The summed E-state index contributed by atoms with van der Waals surface area (Å²) in [7, 11) is 3.45. The fraction of sp³-hybridized carbons (Fsp3) is 0.500. The number of hydrogen-bond acceptors (Lipinski definition) is 5. The van der Waals surface area contributed by atoms with Crippen LogP contribution in [0.3, 0.4) is 0 Å². The van der Waals surface area contributed by atoms with Gasteiger partial charge < -0.3 is 4.90 Å². The molecule has 5 nitrogen and oxygen atoms in total. The third-order valence-electron chi connectivity index (χ3n) is 4.52. The zero-order valence-corrected chi connectivity index (χ0v) is 16.5. The van der Waals surface area contributed by atoms with Gasteiger partial charge in [-0.2, -0.15) is 0 Å². The highest BCUT2D eigenvalue weighted by molar-refractivity contribution is 7.99. The zero-order valence-electron chi connectivity index (χ0n) is 14.9. The van der Waals surface area contributed by atoms with Gasteiger partial charge in [0.25, 0.3) is 5.56 Å². The molecule has 0 saturated carbocycles. The molecular weight excluding hydrogens is 354 g/mol. The normalized spacial score (nSPS) is 16.7. The maximum absolute atomic E-state index is 13.1. The summed E-state index contributed by atoms with van der Waals surface area (Å²) in [5.41, 5.74) is 1.19. The lowest BCUT2D eigenvalue weighted by Gasteiger charge is -2.17. The predicted octanol–water partition coefficient (Wildman–Crippen LogP) is 2.95. The number of hydrogen-bond donors (Lipinski definition) is 0. The van der Waals surface area contributed by atoms with Crippen molar-refractivity contribution in [1.82, 2.24) is 14.5 Å². The van der Waals surface area contributed by atoms with Crippen molar-refractivity contribution in [3.63, 3.8) is 0 Å². The van der Waals surface area contributed by atoms with Gasteiger partial charge in [0, 0.05) is 25.5 Å². The maximum Gasteiger partial charge on any atom is 0.263 e. The second-order valence-corrected chi connectivity index (χ2v) is 8.73.